The summed E-state index contributed by atoms with van der Waals surface area (Å²) in [5.74, 6) is -2.25. The normalized spacial score (nSPS) is 22.3. The summed E-state index contributed by atoms with van der Waals surface area (Å²) >= 11 is 6.61. The number of amides is 4. The highest BCUT2D eigenvalue weighted by Gasteiger charge is 2.76. The topological polar surface area (TPSA) is 148 Å². The second kappa shape index (κ2) is 14.7. The number of esters is 1. The summed E-state index contributed by atoms with van der Waals surface area (Å²) in [7, 11) is 0. The van der Waals surface area contributed by atoms with Crippen LogP contribution in [0.3, 0.4) is 0 Å². The summed E-state index contributed by atoms with van der Waals surface area (Å²) in [6.45, 7) is 11.0. The van der Waals surface area contributed by atoms with Crippen molar-refractivity contribution >= 4 is 63.5 Å². The third kappa shape index (κ3) is 6.71. The Bertz CT molecular complexity index is 2340. The number of nitrogens with zero attached hydrogens (tertiary/aromatic N) is 2. The van der Waals surface area contributed by atoms with E-state index >= 15 is 0 Å². The smallest absolute Gasteiger partial charge is 0.407 e. The Kier molecular flexibility index (Phi) is 10.1. The molecule has 1 heterocycles. The first-order valence-electron chi connectivity index (χ1n) is 20.4. The summed E-state index contributed by atoms with van der Waals surface area (Å²) in [6.07, 6.45) is 0.458. The lowest BCUT2D eigenvalue weighted by atomic mass is 9.34. The van der Waals surface area contributed by atoms with Gasteiger partial charge in [0.1, 0.15) is 24.3 Å². The van der Waals surface area contributed by atoms with Crippen molar-refractivity contribution in [2.24, 2.45) is 22.5 Å². The summed E-state index contributed by atoms with van der Waals surface area (Å²) in [5.41, 5.74) is 10.1. The van der Waals surface area contributed by atoms with E-state index in [2.05, 4.69) is 17.4 Å². The van der Waals surface area contributed by atoms with E-state index in [9.17, 15) is 24.0 Å². The number of carbonyl (C=O) groups excluding carboxylic acids is 5. The molecule has 4 aliphatic carbocycles. The van der Waals surface area contributed by atoms with Crippen LogP contribution in [0.2, 0.25) is 0 Å². The molecular weight excluding hydrogens is 768 g/mol. The van der Waals surface area contributed by atoms with Crippen LogP contribution in [0.15, 0.2) is 78.9 Å². The minimum atomic E-state index is -1.14. The van der Waals surface area contributed by atoms with Crippen molar-refractivity contribution in [3.8, 4) is 11.1 Å². The van der Waals surface area contributed by atoms with Gasteiger partial charge in [-0.05, 0) is 92.1 Å². The van der Waals surface area contributed by atoms with Gasteiger partial charge in [-0.2, -0.15) is 0 Å². The number of ether oxygens (including phenoxy) is 2. The van der Waals surface area contributed by atoms with Gasteiger partial charge in [0.05, 0.1) is 16.5 Å². The Balaban J connectivity index is 1.10. The molecule has 3 saturated carbocycles. The maximum absolute atomic E-state index is 15.0. The van der Waals surface area contributed by atoms with E-state index in [0.717, 1.165) is 33.2 Å². The maximum atomic E-state index is 15.0. The number of alkyl halides is 1. The number of nitrogens with two attached hydrogens (primary N) is 1. The van der Waals surface area contributed by atoms with Crippen LogP contribution in [-0.2, 0) is 28.7 Å². The van der Waals surface area contributed by atoms with Crippen molar-refractivity contribution < 1.29 is 33.4 Å². The summed E-state index contributed by atoms with van der Waals surface area (Å²) in [4.78, 5) is 72.5. The number of nitrogens with one attached hydrogen (secondary N) is 1. The molecule has 2 bridgehead atoms. The predicted molar refractivity (Wildman–Crippen MR) is 227 cm³/mol. The van der Waals surface area contributed by atoms with Gasteiger partial charge in [0.15, 0.2) is 0 Å². The van der Waals surface area contributed by atoms with Gasteiger partial charge in [-0.15, -0.1) is 11.6 Å². The standard InChI is InChI=1S/C47H51ClN4O7/c1-26(2)39(50-44(57)58-22-35-31-15-9-7-13-29(31)30-14-8-10-16-32(30)35)41(54)52(27(3)40(49)53)36-19-37-38(34-18-12-11-17-33(34)36)28(20-48)21-51(37)42(55)46-23-47(24-46,25-46)43(56)59-45(4,5)6/h7-19,26-28,35,39H,20-25H2,1-6H3,(H2,49,53)(H,50,57)/t27-,28+,39-,46?,47?/m0/s1. The van der Waals surface area contributed by atoms with Crippen LogP contribution in [0.25, 0.3) is 21.9 Å². The van der Waals surface area contributed by atoms with Crippen LogP contribution in [-0.4, -0.2) is 66.5 Å². The molecule has 0 unspecified atom stereocenters. The second-order valence-corrected chi connectivity index (χ2v) is 18.5. The molecule has 4 amide bonds. The van der Waals surface area contributed by atoms with E-state index in [-0.39, 0.29) is 36.2 Å². The van der Waals surface area contributed by atoms with Crippen molar-refractivity contribution in [3.63, 3.8) is 0 Å². The van der Waals surface area contributed by atoms with E-state index < -0.39 is 52.3 Å². The molecule has 0 radical (unpaired) electrons. The summed E-state index contributed by atoms with van der Waals surface area (Å²) < 4.78 is 11.6. The molecule has 0 saturated heterocycles. The maximum Gasteiger partial charge on any atom is 0.407 e. The fourth-order valence-electron chi connectivity index (χ4n) is 9.92. The number of rotatable bonds is 11. The fourth-order valence-corrected chi connectivity index (χ4v) is 10.2. The number of anilines is 2. The van der Waals surface area contributed by atoms with Crippen LogP contribution in [0.1, 0.15) is 89.3 Å². The number of primary amides is 1. The van der Waals surface area contributed by atoms with E-state index in [0.29, 0.717) is 42.6 Å². The van der Waals surface area contributed by atoms with Gasteiger partial charge in [0, 0.05) is 35.3 Å². The van der Waals surface area contributed by atoms with Gasteiger partial charge in [-0.3, -0.25) is 24.1 Å². The molecule has 11 nitrogen and oxygen atoms in total. The molecule has 4 aromatic rings. The first-order valence-corrected chi connectivity index (χ1v) is 20.9. The first kappa shape index (κ1) is 40.4. The zero-order valence-electron chi connectivity index (χ0n) is 34.3. The Hall–Kier alpha value is -5.42. The lowest BCUT2D eigenvalue weighted by molar-refractivity contribution is -0.230. The second-order valence-electron chi connectivity index (χ2n) is 18.2. The van der Waals surface area contributed by atoms with Gasteiger partial charge in [-0.25, -0.2) is 4.79 Å². The summed E-state index contributed by atoms with van der Waals surface area (Å²) in [5, 5.41) is 4.26. The van der Waals surface area contributed by atoms with Gasteiger partial charge in [0.2, 0.25) is 11.8 Å². The number of halogens is 1. The quantitative estimate of drug-likeness (QED) is 0.116. The minimum absolute atomic E-state index is 0.0573. The van der Waals surface area contributed by atoms with Crippen LogP contribution >= 0.6 is 11.6 Å². The summed E-state index contributed by atoms with van der Waals surface area (Å²) in [6, 6.07) is 23.1. The molecule has 59 heavy (non-hydrogen) atoms. The third-order valence-corrected chi connectivity index (χ3v) is 13.1. The first-order chi connectivity index (χ1) is 28.0. The van der Waals surface area contributed by atoms with Crippen LogP contribution < -0.4 is 20.9 Å². The van der Waals surface area contributed by atoms with Crippen molar-refractivity contribution in [2.45, 2.75) is 90.3 Å². The molecule has 3 N–H and O–H groups in total. The van der Waals surface area contributed by atoms with Crippen molar-refractivity contribution in [3.05, 3.63) is 95.6 Å². The SMILES string of the molecule is CC(C)[C@H](NC(=O)OCC1c2ccccc2-c2ccccc21)C(=O)N(c1cc2c(c3ccccc13)[C@H](CCl)CN2C(=O)C12CC(C(=O)OC(C)(C)C)(C1)C2)[C@@H](C)C(N)=O. The van der Waals surface area contributed by atoms with Gasteiger partial charge in [0.25, 0.3) is 5.91 Å². The predicted octanol–water partition coefficient (Wildman–Crippen LogP) is 7.79. The average Bonchev–Trinajstić information content (AvgIpc) is 3.70. The zero-order chi connectivity index (χ0) is 42.2. The third-order valence-electron chi connectivity index (χ3n) is 12.7. The highest BCUT2D eigenvalue weighted by Crippen LogP contribution is 2.74. The van der Waals surface area contributed by atoms with Crippen LogP contribution in [0.5, 0.6) is 0 Å². The molecular formula is C47H51ClN4O7. The number of benzene rings is 4. The largest absolute Gasteiger partial charge is 0.460 e. The minimum Gasteiger partial charge on any atom is -0.460 e. The lowest BCUT2D eigenvalue weighted by Gasteiger charge is -2.67. The van der Waals surface area contributed by atoms with Crippen molar-refractivity contribution in [1.82, 2.24) is 5.32 Å². The lowest BCUT2D eigenvalue weighted by Crippen LogP contribution is -2.71. The van der Waals surface area contributed by atoms with E-state index in [1.165, 1.54) is 4.90 Å². The number of carbonyl (C=O) groups is 5. The van der Waals surface area contributed by atoms with Crippen LogP contribution in [0, 0.1) is 16.7 Å². The van der Waals surface area contributed by atoms with Crippen molar-refractivity contribution in [2.75, 3.05) is 28.8 Å². The molecule has 4 aromatic carbocycles. The molecule has 0 aromatic heterocycles. The Morgan fingerprint density at radius 2 is 1.46 bits per heavy atom. The molecule has 9 rings (SSSR count). The highest BCUT2D eigenvalue weighted by molar-refractivity contribution is 6.20. The molecule has 1 aliphatic heterocycles. The zero-order valence-corrected chi connectivity index (χ0v) is 35.1. The molecule has 0 spiro atoms. The average molecular weight is 819 g/mol. The molecule has 12 heteroatoms. The number of hydrogen-bond donors (Lipinski definition) is 2. The van der Waals surface area contributed by atoms with Gasteiger partial charge in [-0.1, -0.05) is 86.6 Å². The molecule has 5 aliphatic rings. The monoisotopic (exact) mass is 818 g/mol. The van der Waals surface area contributed by atoms with Gasteiger partial charge >= 0.3 is 12.1 Å². The van der Waals surface area contributed by atoms with Crippen LogP contribution in [0.4, 0.5) is 16.2 Å². The Morgan fingerprint density at radius 1 is 0.881 bits per heavy atom. The molecule has 3 fully saturated rings. The Labute approximate surface area is 349 Å². The number of fused-ring (bicyclic) bond motifs is 6. The number of alkyl carbamates (subject to hydrolysis) is 1. The van der Waals surface area contributed by atoms with Gasteiger partial charge < -0.3 is 25.4 Å². The Morgan fingerprint density at radius 3 is 2.02 bits per heavy atom. The van der Waals surface area contributed by atoms with E-state index in [1.807, 2.05) is 81.4 Å². The number of hydrogen-bond acceptors (Lipinski definition) is 7. The van der Waals surface area contributed by atoms with E-state index in [4.69, 9.17) is 26.8 Å². The van der Waals surface area contributed by atoms with E-state index in [1.54, 1.807) is 31.7 Å². The fraction of sp³-hybridized carbons (Fsp3) is 0.426. The molecule has 308 valence electrons. The van der Waals surface area contributed by atoms with Crippen molar-refractivity contribution in [1.29, 1.82) is 0 Å². The molecule has 3 atom stereocenters. The highest BCUT2D eigenvalue weighted by atomic mass is 35.5.